The number of hydrogen-bond donors (Lipinski definition) is 0. The van der Waals surface area contributed by atoms with Crippen LogP contribution in [0.4, 0.5) is 24.5 Å². The van der Waals surface area contributed by atoms with E-state index in [1.165, 1.54) is 0 Å². The lowest BCUT2D eigenvalue weighted by Gasteiger charge is -2.37. The van der Waals surface area contributed by atoms with Gasteiger partial charge in [-0.25, -0.2) is 0 Å². The molecular weight excluding hydrogens is 367 g/mol. The number of ether oxygens (including phenoxy) is 1. The van der Waals surface area contributed by atoms with Gasteiger partial charge in [-0.1, -0.05) is 0 Å². The number of nitrogens with zero attached hydrogens (tertiary/aromatic N) is 3. The predicted molar refractivity (Wildman–Crippen MR) is 90.4 cm³/mol. The Morgan fingerprint density at radius 3 is 2.56 bits per heavy atom. The molecule has 27 heavy (non-hydrogen) atoms. The molecule has 0 spiro atoms. The zero-order chi connectivity index (χ0) is 19.6. The molecule has 1 aromatic carbocycles. The van der Waals surface area contributed by atoms with E-state index in [-0.39, 0.29) is 24.1 Å². The van der Waals surface area contributed by atoms with Gasteiger partial charge < -0.3 is 14.5 Å². The maximum Gasteiger partial charge on any atom is 0.416 e. The number of halogens is 3. The van der Waals surface area contributed by atoms with Crippen LogP contribution in [0.2, 0.25) is 0 Å². The number of rotatable bonds is 3. The van der Waals surface area contributed by atoms with Gasteiger partial charge in [0.1, 0.15) is 5.69 Å². The first-order chi connectivity index (χ1) is 12.8. The summed E-state index contributed by atoms with van der Waals surface area (Å²) >= 11 is 0. The molecule has 3 rings (SSSR count). The van der Waals surface area contributed by atoms with Crippen molar-refractivity contribution in [3.63, 3.8) is 0 Å². The Hall–Kier alpha value is -2.36. The Balaban J connectivity index is 1.81. The molecule has 0 aromatic heterocycles. The Morgan fingerprint density at radius 1 is 1.22 bits per heavy atom. The van der Waals surface area contributed by atoms with E-state index in [2.05, 4.69) is 0 Å². The molecule has 2 heterocycles. The second-order valence-corrected chi connectivity index (χ2v) is 6.68. The third kappa shape index (κ3) is 4.32. The topological polar surface area (TPSA) is 75.9 Å². The lowest BCUT2D eigenvalue weighted by Crippen LogP contribution is -2.48. The minimum atomic E-state index is -4.65. The molecule has 0 N–H and O–H groups in total. The van der Waals surface area contributed by atoms with E-state index in [1.807, 2.05) is 0 Å². The van der Waals surface area contributed by atoms with Crippen molar-refractivity contribution >= 4 is 17.3 Å². The monoisotopic (exact) mass is 387 g/mol. The fourth-order valence-corrected chi connectivity index (χ4v) is 3.55. The third-order valence-electron chi connectivity index (χ3n) is 4.93. The van der Waals surface area contributed by atoms with Gasteiger partial charge in [0.25, 0.3) is 5.69 Å². The first-order valence-corrected chi connectivity index (χ1v) is 8.74. The van der Waals surface area contributed by atoms with Crippen LogP contribution in [0.15, 0.2) is 18.2 Å². The molecule has 0 unspecified atom stereocenters. The van der Waals surface area contributed by atoms with E-state index in [0.717, 1.165) is 12.1 Å². The first kappa shape index (κ1) is 19.4. The van der Waals surface area contributed by atoms with Crippen molar-refractivity contribution < 1.29 is 27.6 Å². The fraction of sp³-hybridized carbons (Fsp3) is 0.588. The molecule has 0 bridgehead atoms. The molecule has 1 amide bonds. The standard InChI is InChI=1S/C17H20F3N3O4/c18-17(19,20)13-3-4-14(15(10-13)23(25)26)22-5-1-2-12(11-22)16(24)21-6-8-27-9-7-21/h3-4,10,12H,1-2,5-9,11H2/t12-/m1/s1. The van der Waals surface area contributed by atoms with Crippen molar-refractivity contribution in [2.45, 2.75) is 19.0 Å². The number of hydrogen-bond acceptors (Lipinski definition) is 5. The minimum absolute atomic E-state index is 0.0300. The molecule has 0 aliphatic carbocycles. The van der Waals surface area contributed by atoms with E-state index < -0.39 is 22.4 Å². The number of carbonyl (C=O) groups excluding carboxylic acids is 1. The summed E-state index contributed by atoms with van der Waals surface area (Å²) in [6, 6.07) is 2.53. The van der Waals surface area contributed by atoms with Crippen LogP contribution >= 0.6 is 0 Å². The van der Waals surface area contributed by atoms with Crippen molar-refractivity contribution in [2.24, 2.45) is 5.92 Å². The summed E-state index contributed by atoms with van der Waals surface area (Å²) in [5, 5.41) is 11.3. The molecule has 148 valence electrons. The van der Waals surface area contributed by atoms with Crippen LogP contribution in [0, 0.1) is 16.0 Å². The highest BCUT2D eigenvalue weighted by Gasteiger charge is 2.36. The molecular formula is C17H20F3N3O4. The molecule has 1 aromatic rings. The van der Waals surface area contributed by atoms with E-state index in [9.17, 15) is 28.1 Å². The zero-order valence-corrected chi connectivity index (χ0v) is 14.6. The number of benzene rings is 1. The summed E-state index contributed by atoms with van der Waals surface area (Å²) in [6.45, 7) is 2.69. The Labute approximate surface area is 153 Å². The van der Waals surface area contributed by atoms with Gasteiger partial charge in [0.2, 0.25) is 5.91 Å². The highest BCUT2D eigenvalue weighted by Crippen LogP contribution is 2.37. The number of nitro groups is 1. The Morgan fingerprint density at radius 2 is 1.93 bits per heavy atom. The number of carbonyl (C=O) groups is 1. The minimum Gasteiger partial charge on any atom is -0.378 e. The SMILES string of the molecule is O=C([C@@H]1CCCN(c2ccc(C(F)(F)F)cc2[N+](=O)[O-])C1)N1CCOCC1. The predicted octanol–water partition coefficient (Wildman–Crippen LogP) is 2.69. The highest BCUT2D eigenvalue weighted by molar-refractivity contribution is 5.80. The number of alkyl halides is 3. The van der Waals surface area contributed by atoms with Crippen LogP contribution in [0.25, 0.3) is 0 Å². The number of piperidine rings is 1. The number of amides is 1. The molecule has 0 saturated carbocycles. The van der Waals surface area contributed by atoms with Crippen LogP contribution in [-0.2, 0) is 15.7 Å². The summed E-state index contributed by atoms with van der Waals surface area (Å²) in [7, 11) is 0. The van der Waals surface area contributed by atoms with Crippen LogP contribution in [0.5, 0.6) is 0 Å². The van der Waals surface area contributed by atoms with Gasteiger partial charge in [-0.15, -0.1) is 0 Å². The quantitative estimate of drug-likeness (QED) is 0.589. The maximum atomic E-state index is 12.9. The maximum absolute atomic E-state index is 12.9. The van der Waals surface area contributed by atoms with E-state index >= 15 is 0 Å². The Bertz CT molecular complexity index is 720. The van der Waals surface area contributed by atoms with Gasteiger partial charge in [-0.3, -0.25) is 14.9 Å². The van der Waals surface area contributed by atoms with Gasteiger partial charge in [-0.2, -0.15) is 13.2 Å². The second kappa shape index (κ2) is 7.71. The van der Waals surface area contributed by atoms with E-state index in [0.29, 0.717) is 51.8 Å². The molecule has 1 atom stereocenters. The van der Waals surface area contributed by atoms with Crippen LogP contribution < -0.4 is 4.90 Å². The van der Waals surface area contributed by atoms with Crippen molar-refractivity contribution in [1.82, 2.24) is 4.90 Å². The molecule has 2 saturated heterocycles. The van der Waals surface area contributed by atoms with E-state index in [1.54, 1.807) is 9.80 Å². The zero-order valence-electron chi connectivity index (χ0n) is 14.6. The normalized spacial score (nSPS) is 21.2. The average molecular weight is 387 g/mol. The first-order valence-electron chi connectivity index (χ1n) is 8.74. The molecule has 7 nitrogen and oxygen atoms in total. The van der Waals surface area contributed by atoms with Crippen LogP contribution in [0.1, 0.15) is 18.4 Å². The molecule has 0 radical (unpaired) electrons. The molecule has 2 aliphatic rings. The summed E-state index contributed by atoms with van der Waals surface area (Å²) in [4.78, 5) is 26.6. The number of nitro benzene ring substituents is 1. The summed E-state index contributed by atoms with van der Waals surface area (Å²) < 4.78 is 43.9. The fourth-order valence-electron chi connectivity index (χ4n) is 3.55. The summed E-state index contributed by atoms with van der Waals surface area (Å²) in [6.07, 6.45) is -3.36. The lowest BCUT2D eigenvalue weighted by atomic mass is 9.95. The van der Waals surface area contributed by atoms with Gasteiger partial charge in [0.15, 0.2) is 0 Å². The summed E-state index contributed by atoms with van der Waals surface area (Å²) in [5.41, 5.74) is -1.53. The van der Waals surface area contributed by atoms with Crippen molar-refractivity contribution in [1.29, 1.82) is 0 Å². The van der Waals surface area contributed by atoms with Crippen LogP contribution in [-0.4, -0.2) is 55.1 Å². The smallest absolute Gasteiger partial charge is 0.378 e. The van der Waals surface area contributed by atoms with E-state index in [4.69, 9.17) is 4.74 Å². The largest absolute Gasteiger partial charge is 0.416 e. The van der Waals surface area contributed by atoms with Gasteiger partial charge in [0, 0.05) is 32.2 Å². The highest BCUT2D eigenvalue weighted by atomic mass is 19.4. The Kier molecular flexibility index (Phi) is 5.54. The number of morpholine rings is 1. The second-order valence-electron chi connectivity index (χ2n) is 6.68. The number of anilines is 1. The molecule has 2 fully saturated rings. The van der Waals surface area contributed by atoms with Crippen LogP contribution in [0.3, 0.4) is 0 Å². The van der Waals surface area contributed by atoms with Crippen molar-refractivity contribution in [3.05, 3.63) is 33.9 Å². The summed E-state index contributed by atoms with van der Waals surface area (Å²) in [5.74, 6) is -0.365. The van der Waals surface area contributed by atoms with Crippen molar-refractivity contribution in [3.8, 4) is 0 Å². The lowest BCUT2D eigenvalue weighted by molar-refractivity contribution is -0.384. The van der Waals surface area contributed by atoms with Gasteiger partial charge in [0.05, 0.1) is 29.6 Å². The average Bonchev–Trinajstić information content (AvgIpc) is 2.67. The van der Waals surface area contributed by atoms with Gasteiger partial charge in [-0.05, 0) is 25.0 Å². The third-order valence-corrected chi connectivity index (χ3v) is 4.93. The molecule has 10 heteroatoms. The molecule has 2 aliphatic heterocycles. The van der Waals surface area contributed by atoms with Gasteiger partial charge >= 0.3 is 6.18 Å². The van der Waals surface area contributed by atoms with Crippen molar-refractivity contribution in [2.75, 3.05) is 44.3 Å².